The first kappa shape index (κ1) is 54.4. The van der Waals surface area contributed by atoms with Gasteiger partial charge in [-0.1, -0.05) is 154 Å². The van der Waals surface area contributed by atoms with Crippen molar-refractivity contribution < 1.29 is 52.1 Å². The lowest BCUT2D eigenvalue weighted by atomic mass is 9.83. The smallest absolute Gasteiger partial charge is 0.187 e. The van der Waals surface area contributed by atoms with E-state index in [9.17, 15) is 22.1 Å². The molecule has 0 radical (unpaired) electrons. The quantitative estimate of drug-likeness (QED) is 0.0260. The summed E-state index contributed by atoms with van der Waals surface area (Å²) in [5, 5.41) is 16.5. The largest absolute Gasteiger partial charge is 0.369 e. The number of benzene rings is 4. The summed E-state index contributed by atoms with van der Waals surface area (Å²) in [4.78, 5) is 12.6. The van der Waals surface area contributed by atoms with Gasteiger partial charge in [-0.05, 0) is 45.2 Å². The molecule has 75 heavy (non-hydrogen) atoms. The highest BCUT2D eigenvalue weighted by Crippen LogP contribution is 2.41. The monoisotopic (exact) mass is 1030 g/mol. The van der Waals surface area contributed by atoms with Crippen molar-refractivity contribution in [1.82, 2.24) is 0 Å². The topological polar surface area (TPSA) is 297 Å². The Morgan fingerprint density at radius 2 is 1.00 bits per heavy atom. The molecule has 1 saturated carbocycles. The third kappa shape index (κ3) is 14.1. The van der Waals surface area contributed by atoms with E-state index in [2.05, 4.69) is 53.3 Å². The Kier molecular flexibility index (Phi) is 20.4. The van der Waals surface area contributed by atoms with Gasteiger partial charge in [0.1, 0.15) is 42.7 Å². The highest BCUT2D eigenvalue weighted by molar-refractivity contribution is 5.18. The van der Waals surface area contributed by atoms with E-state index in [1.165, 1.54) is 6.08 Å². The Morgan fingerprint density at radius 1 is 0.520 bits per heavy atom. The fraction of sp³-hybridized carbons (Fsp3) is 0.462. The van der Waals surface area contributed by atoms with Crippen LogP contribution >= 0.6 is 0 Å². The normalized spacial score (nSPS) is 31.1. The van der Waals surface area contributed by atoms with Gasteiger partial charge in [0, 0.05) is 25.2 Å². The van der Waals surface area contributed by atoms with Crippen molar-refractivity contribution in [1.29, 1.82) is 0 Å². The molecule has 0 spiro atoms. The van der Waals surface area contributed by atoms with Crippen LogP contribution in [0.1, 0.15) is 35.0 Å². The number of rotatable bonds is 25. The average Bonchev–Trinajstić information content (AvgIpc) is 3.46. The zero-order chi connectivity index (χ0) is 52.2. The average molecular weight is 1030 g/mol. The molecule has 1 aliphatic carbocycles. The minimum atomic E-state index is -1.37. The van der Waals surface area contributed by atoms with Gasteiger partial charge in [0.25, 0.3) is 0 Å². The number of fused-ring (bicyclic) bond motifs is 1. The summed E-state index contributed by atoms with van der Waals surface area (Å²) in [6.45, 7) is 7.77. The van der Waals surface area contributed by atoms with Gasteiger partial charge in [0.2, 0.25) is 0 Å². The maximum absolute atomic E-state index is 10.1. The standard InChI is InChI=1S/C52H58N12O11/c1-3-25-65-47-42(73-51-46(68-30-34-19-11-6-12-20-34)41(60-64-56)44-40(72-51)32-70-50(75-44)36-23-15-8-16-24-36)37(58-62-54)27-38(59-63-55)43(47)74-52-49(66-26-4-2)48(69-31-35-21-13-7-14-22-35)45(39(71-52)28-57-61-53)67-29-33-17-9-5-10-18-33/h3-24,37-52H,1-2,25-32H2/t37-,38+,39-,40-,41+,42+,43-,44-,45-,46-,47-,48+,49-,50+,51-,52-/m1/s1. The fourth-order valence-electron chi connectivity index (χ4n) is 9.64. The molecular weight excluding hydrogens is 969 g/mol. The lowest BCUT2D eigenvalue weighted by Gasteiger charge is -2.51. The van der Waals surface area contributed by atoms with E-state index in [-0.39, 0.29) is 52.6 Å². The Balaban J connectivity index is 1.16. The van der Waals surface area contributed by atoms with Crippen LogP contribution in [-0.4, -0.2) is 118 Å². The molecule has 3 heterocycles. The number of ether oxygens (including phenoxy) is 11. The molecule has 4 aromatic carbocycles. The lowest BCUT2D eigenvalue weighted by Crippen LogP contribution is -2.66. The second kappa shape index (κ2) is 28.2. The zero-order valence-corrected chi connectivity index (χ0v) is 40.9. The predicted molar refractivity (Wildman–Crippen MR) is 269 cm³/mol. The second-order valence-corrected chi connectivity index (χ2v) is 17.8. The number of nitrogens with zero attached hydrogens (tertiary/aromatic N) is 12. The molecule has 4 aromatic rings. The van der Waals surface area contributed by atoms with E-state index in [1.807, 2.05) is 121 Å². The molecule has 3 aliphatic heterocycles. The lowest BCUT2D eigenvalue weighted by molar-refractivity contribution is -0.365. The molecule has 0 aromatic heterocycles. The van der Waals surface area contributed by atoms with Crippen LogP contribution in [0.3, 0.4) is 0 Å². The Labute approximate surface area is 432 Å². The molecule has 4 aliphatic rings. The van der Waals surface area contributed by atoms with E-state index >= 15 is 0 Å². The first-order chi connectivity index (χ1) is 37.0. The van der Waals surface area contributed by atoms with E-state index in [1.54, 1.807) is 6.08 Å². The summed E-state index contributed by atoms with van der Waals surface area (Å²) in [6.07, 6.45) is -11.2. The van der Waals surface area contributed by atoms with E-state index in [0.717, 1.165) is 22.3 Å². The van der Waals surface area contributed by atoms with Gasteiger partial charge in [-0.2, -0.15) is 0 Å². The summed E-state index contributed by atoms with van der Waals surface area (Å²) < 4.78 is 73.2. The van der Waals surface area contributed by atoms with Crippen molar-refractivity contribution in [2.24, 2.45) is 20.5 Å². The molecule has 4 fully saturated rings. The van der Waals surface area contributed by atoms with Crippen molar-refractivity contribution in [3.63, 3.8) is 0 Å². The number of hydrogen-bond donors (Lipinski definition) is 0. The second-order valence-electron chi connectivity index (χ2n) is 17.8. The third-order valence-electron chi connectivity index (χ3n) is 13.0. The third-order valence-corrected chi connectivity index (χ3v) is 13.0. The summed E-state index contributed by atoms with van der Waals surface area (Å²) in [5.41, 5.74) is 43.1. The minimum absolute atomic E-state index is 0.00414. The molecule has 23 heteroatoms. The summed E-state index contributed by atoms with van der Waals surface area (Å²) in [7, 11) is 0. The van der Waals surface area contributed by atoms with E-state index in [4.69, 9.17) is 52.1 Å². The van der Waals surface area contributed by atoms with Crippen molar-refractivity contribution in [2.75, 3.05) is 26.4 Å². The van der Waals surface area contributed by atoms with Crippen LogP contribution < -0.4 is 0 Å². The molecule has 0 bridgehead atoms. The Bertz CT molecular complexity index is 2630. The van der Waals surface area contributed by atoms with Crippen LogP contribution in [0.15, 0.2) is 167 Å². The summed E-state index contributed by atoms with van der Waals surface area (Å²) in [5.74, 6) is 0. The van der Waals surface area contributed by atoms with Crippen LogP contribution in [0.4, 0.5) is 0 Å². The minimum Gasteiger partial charge on any atom is -0.369 e. The van der Waals surface area contributed by atoms with E-state index in [0.29, 0.717) is 0 Å². The van der Waals surface area contributed by atoms with Crippen LogP contribution in [-0.2, 0) is 71.9 Å². The number of hydrogen-bond acceptors (Lipinski definition) is 15. The molecular formula is C52H58N12O11. The molecule has 3 saturated heterocycles. The summed E-state index contributed by atoms with van der Waals surface area (Å²) >= 11 is 0. The molecule has 23 nitrogen and oxygen atoms in total. The Morgan fingerprint density at radius 3 is 1.52 bits per heavy atom. The molecule has 0 unspecified atom stereocenters. The summed E-state index contributed by atoms with van der Waals surface area (Å²) in [6, 6.07) is 34.4. The molecule has 392 valence electrons. The first-order valence-electron chi connectivity index (χ1n) is 24.5. The maximum atomic E-state index is 10.1. The van der Waals surface area contributed by atoms with Gasteiger partial charge >= 0.3 is 0 Å². The van der Waals surface area contributed by atoms with Crippen LogP contribution in [0.2, 0.25) is 0 Å². The fourth-order valence-corrected chi connectivity index (χ4v) is 9.64. The predicted octanol–water partition coefficient (Wildman–Crippen LogP) is 9.97. The van der Waals surface area contributed by atoms with Crippen LogP contribution in [0.25, 0.3) is 41.8 Å². The van der Waals surface area contributed by atoms with E-state index < -0.39 is 98.0 Å². The van der Waals surface area contributed by atoms with Crippen molar-refractivity contribution in [3.05, 3.63) is 211 Å². The first-order valence-corrected chi connectivity index (χ1v) is 24.5. The van der Waals surface area contributed by atoms with Gasteiger partial charge in [-0.25, -0.2) is 0 Å². The molecule has 16 atom stereocenters. The van der Waals surface area contributed by atoms with Gasteiger partial charge in [-0.15, -0.1) is 13.2 Å². The highest BCUT2D eigenvalue weighted by atomic mass is 16.8. The van der Waals surface area contributed by atoms with Gasteiger partial charge in [0.15, 0.2) is 18.9 Å². The Hall–Kier alpha value is -6.84. The van der Waals surface area contributed by atoms with Crippen LogP contribution in [0.5, 0.6) is 0 Å². The van der Waals surface area contributed by atoms with Gasteiger partial charge < -0.3 is 52.1 Å². The van der Waals surface area contributed by atoms with Gasteiger partial charge in [0.05, 0.1) is 82.6 Å². The van der Waals surface area contributed by atoms with Crippen LogP contribution in [0, 0.1) is 0 Å². The zero-order valence-electron chi connectivity index (χ0n) is 40.9. The van der Waals surface area contributed by atoms with Crippen molar-refractivity contribution in [3.8, 4) is 0 Å². The maximum Gasteiger partial charge on any atom is 0.187 e. The molecule has 0 N–H and O–H groups in total. The van der Waals surface area contributed by atoms with Crippen molar-refractivity contribution >= 4 is 0 Å². The molecule has 0 amide bonds. The SMILES string of the molecule is C=CCO[C@@H]1[C@@H](O[C@H]2O[C@@H]3CO[C@H](c4ccccc4)O[C@H]3[C@H](N=[N+]=[N-])[C@H]2OCc2ccccc2)[C@H](N=[N+]=[N-])C[C@H](N=[N+]=[N-])[C@H]1O[C@H]1O[C@H](CN=[N+]=[N-])[C@@H](OCc2ccccc2)[C@H](OCc2ccccc2)[C@H]1OCC=C. The highest BCUT2D eigenvalue weighted by Gasteiger charge is 2.56. The molecule has 8 rings (SSSR count). The van der Waals surface area contributed by atoms with Crippen molar-refractivity contribution in [2.45, 2.75) is 124 Å². The number of azide groups is 4. The van der Waals surface area contributed by atoms with Gasteiger partial charge in [-0.3, -0.25) is 0 Å².